The van der Waals surface area contributed by atoms with E-state index in [9.17, 15) is 14.9 Å². The van der Waals surface area contributed by atoms with Gasteiger partial charge in [-0.2, -0.15) is 0 Å². The molecule has 1 N–H and O–H groups in total. The number of amides is 1. The maximum Gasteiger partial charge on any atom is 0.269 e. The Labute approximate surface area is 209 Å². The predicted molar refractivity (Wildman–Crippen MR) is 138 cm³/mol. The SMILES string of the molecule is O=C(NCCc1ccccc1)[C@H]1Cc2cc([N+](=O)[O-])ccc2N2CCN(c3ccccc3Cl)C[C@@H]12. The van der Waals surface area contributed by atoms with Crippen LogP contribution in [-0.2, 0) is 17.6 Å². The van der Waals surface area contributed by atoms with E-state index in [4.69, 9.17) is 11.6 Å². The van der Waals surface area contributed by atoms with Gasteiger partial charge in [-0.15, -0.1) is 0 Å². The quantitative estimate of drug-likeness (QED) is 0.407. The van der Waals surface area contributed by atoms with E-state index in [0.29, 0.717) is 31.1 Å². The van der Waals surface area contributed by atoms with E-state index in [0.717, 1.165) is 29.9 Å². The van der Waals surface area contributed by atoms with Gasteiger partial charge in [0, 0.05) is 44.0 Å². The summed E-state index contributed by atoms with van der Waals surface area (Å²) in [7, 11) is 0. The topological polar surface area (TPSA) is 78.7 Å². The Morgan fingerprint density at radius 2 is 1.80 bits per heavy atom. The molecule has 2 heterocycles. The number of nitrogens with one attached hydrogen (secondary N) is 1. The summed E-state index contributed by atoms with van der Waals surface area (Å²) >= 11 is 6.49. The molecule has 0 unspecified atom stereocenters. The third kappa shape index (κ3) is 4.82. The van der Waals surface area contributed by atoms with Gasteiger partial charge >= 0.3 is 0 Å². The number of nitro groups is 1. The van der Waals surface area contributed by atoms with Gasteiger partial charge in [-0.1, -0.05) is 54.1 Å². The second-order valence-electron chi connectivity index (χ2n) is 9.07. The number of piperazine rings is 1. The van der Waals surface area contributed by atoms with Crippen LogP contribution < -0.4 is 15.1 Å². The Balaban J connectivity index is 1.40. The molecule has 2 aliphatic rings. The van der Waals surface area contributed by atoms with Crippen LogP contribution in [0.1, 0.15) is 11.1 Å². The Kier molecular flexibility index (Phi) is 6.59. The van der Waals surface area contributed by atoms with Gasteiger partial charge in [-0.3, -0.25) is 14.9 Å². The molecule has 5 rings (SSSR count). The molecule has 35 heavy (non-hydrogen) atoms. The summed E-state index contributed by atoms with van der Waals surface area (Å²) in [5, 5.41) is 15.2. The van der Waals surface area contributed by atoms with Crippen molar-refractivity contribution in [3.05, 3.63) is 99.1 Å². The molecule has 0 radical (unpaired) electrons. The van der Waals surface area contributed by atoms with E-state index in [1.165, 1.54) is 5.56 Å². The molecule has 0 spiro atoms. The fourth-order valence-corrected chi connectivity index (χ4v) is 5.51. The van der Waals surface area contributed by atoms with Crippen molar-refractivity contribution < 1.29 is 9.72 Å². The number of hydrogen-bond donors (Lipinski definition) is 1. The first kappa shape index (κ1) is 23.2. The Morgan fingerprint density at radius 1 is 1.03 bits per heavy atom. The van der Waals surface area contributed by atoms with Gasteiger partial charge in [0.25, 0.3) is 5.69 Å². The molecule has 3 aromatic carbocycles. The molecule has 0 aliphatic carbocycles. The summed E-state index contributed by atoms with van der Waals surface area (Å²) in [6.45, 7) is 2.65. The standard InChI is InChI=1S/C27H27ClN4O3/c28-23-8-4-5-9-25(23)30-14-15-31-24-11-10-21(32(34)35)16-20(24)17-22(26(31)18-30)27(33)29-13-12-19-6-2-1-3-7-19/h1-11,16,22,26H,12-15,17-18H2,(H,29,33)/t22-,26-/m0/s1. The lowest BCUT2D eigenvalue weighted by molar-refractivity contribution is -0.384. The summed E-state index contributed by atoms with van der Waals surface area (Å²) in [4.78, 5) is 29.0. The van der Waals surface area contributed by atoms with Gasteiger partial charge in [0.05, 0.1) is 27.6 Å². The van der Waals surface area contributed by atoms with Crippen molar-refractivity contribution in [3.8, 4) is 0 Å². The van der Waals surface area contributed by atoms with Gasteiger partial charge in [-0.05, 0) is 42.2 Å². The summed E-state index contributed by atoms with van der Waals surface area (Å²) in [5.41, 5.74) is 4.02. The zero-order valence-electron chi connectivity index (χ0n) is 19.3. The molecule has 1 fully saturated rings. The van der Waals surface area contributed by atoms with Crippen molar-refractivity contribution in [3.63, 3.8) is 0 Å². The van der Waals surface area contributed by atoms with E-state index in [2.05, 4.69) is 15.1 Å². The minimum Gasteiger partial charge on any atom is -0.366 e. The first-order valence-electron chi connectivity index (χ1n) is 11.9. The smallest absolute Gasteiger partial charge is 0.269 e. The number of hydrogen-bond acceptors (Lipinski definition) is 5. The lowest BCUT2D eigenvalue weighted by atomic mass is 9.83. The van der Waals surface area contributed by atoms with Crippen molar-refractivity contribution in [1.82, 2.24) is 5.32 Å². The summed E-state index contributed by atoms with van der Waals surface area (Å²) in [5.74, 6) is -0.348. The van der Waals surface area contributed by atoms with Gasteiger partial charge in [-0.25, -0.2) is 0 Å². The number of rotatable bonds is 6. The molecule has 2 atom stereocenters. The molecule has 1 amide bonds. The molecule has 8 heteroatoms. The maximum atomic E-state index is 13.5. The molecule has 0 bridgehead atoms. The highest BCUT2D eigenvalue weighted by atomic mass is 35.5. The van der Waals surface area contributed by atoms with Crippen LogP contribution >= 0.6 is 11.6 Å². The van der Waals surface area contributed by atoms with Crippen LogP contribution in [-0.4, -0.2) is 43.1 Å². The molecule has 1 saturated heterocycles. The number of para-hydroxylation sites is 1. The number of nitrogens with zero attached hydrogens (tertiary/aromatic N) is 3. The van der Waals surface area contributed by atoms with E-state index >= 15 is 0 Å². The van der Waals surface area contributed by atoms with E-state index in [1.54, 1.807) is 12.1 Å². The number of benzene rings is 3. The van der Waals surface area contributed by atoms with Gasteiger partial charge in [0.15, 0.2) is 0 Å². The van der Waals surface area contributed by atoms with Crippen molar-refractivity contribution in [2.75, 3.05) is 36.0 Å². The van der Waals surface area contributed by atoms with Crippen LogP contribution in [0.15, 0.2) is 72.8 Å². The minimum atomic E-state index is -0.378. The van der Waals surface area contributed by atoms with Crippen LogP contribution in [0.2, 0.25) is 5.02 Å². The third-order valence-corrected chi connectivity index (χ3v) is 7.31. The Bertz CT molecular complexity index is 1240. The lowest BCUT2D eigenvalue weighted by Crippen LogP contribution is -2.61. The van der Waals surface area contributed by atoms with Crippen molar-refractivity contribution in [1.29, 1.82) is 0 Å². The average molecular weight is 491 g/mol. The Morgan fingerprint density at radius 3 is 2.57 bits per heavy atom. The second-order valence-corrected chi connectivity index (χ2v) is 9.47. The molecular weight excluding hydrogens is 464 g/mol. The number of non-ortho nitro benzene ring substituents is 1. The fraction of sp³-hybridized carbons (Fsp3) is 0.296. The monoisotopic (exact) mass is 490 g/mol. The molecular formula is C27H27ClN4O3. The number of fused-ring (bicyclic) bond motifs is 3. The van der Waals surface area contributed by atoms with Crippen LogP contribution in [0.5, 0.6) is 0 Å². The van der Waals surface area contributed by atoms with Crippen molar-refractivity contribution in [2.24, 2.45) is 5.92 Å². The number of halogens is 1. The van der Waals surface area contributed by atoms with Crippen molar-refractivity contribution in [2.45, 2.75) is 18.9 Å². The highest BCUT2D eigenvalue weighted by Crippen LogP contribution is 2.39. The van der Waals surface area contributed by atoms with Crippen LogP contribution in [0.4, 0.5) is 17.1 Å². The maximum absolute atomic E-state index is 13.5. The predicted octanol–water partition coefficient (Wildman–Crippen LogP) is 4.47. The highest BCUT2D eigenvalue weighted by Gasteiger charge is 2.42. The second kappa shape index (κ2) is 9.96. The third-order valence-electron chi connectivity index (χ3n) is 6.99. The zero-order chi connectivity index (χ0) is 24.4. The lowest BCUT2D eigenvalue weighted by Gasteiger charge is -2.49. The first-order chi connectivity index (χ1) is 17.0. The van der Waals surface area contributed by atoms with Gasteiger partial charge < -0.3 is 15.1 Å². The number of carbonyl (C=O) groups is 1. The molecule has 3 aromatic rings. The highest BCUT2D eigenvalue weighted by molar-refractivity contribution is 6.33. The van der Waals surface area contributed by atoms with Gasteiger partial charge in [0.1, 0.15) is 0 Å². The molecule has 0 saturated carbocycles. The minimum absolute atomic E-state index is 0.0194. The number of anilines is 2. The number of carbonyl (C=O) groups excluding carboxylic acids is 1. The summed E-state index contributed by atoms with van der Waals surface area (Å²) in [6, 6.07) is 22.8. The van der Waals surface area contributed by atoms with E-state index < -0.39 is 0 Å². The molecule has 180 valence electrons. The Hall–Kier alpha value is -3.58. The molecule has 0 aromatic heterocycles. The van der Waals surface area contributed by atoms with E-state index in [1.807, 2.05) is 60.7 Å². The van der Waals surface area contributed by atoms with Crippen molar-refractivity contribution >= 4 is 34.6 Å². The summed E-state index contributed by atoms with van der Waals surface area (Å²) in [6.07, 6.45) is 1.22. The molecule has 2 aliphatic heterocycles. The molecule has 7 nitrogen and oxygen atoms in total. The normalized spacial score (nSPS) is 19.0. The fourth-order valence-electron chi connectivity index (χ4n) is 5.26. The van der Waals surface area contributed by atoms with E-state index in [-0.39, 0.29) is 28.5 Å². The first-order valence-corrected chi connectivity index (χ1v) is 12.2. The van der Waals surface area contributed by atoms with Crippen LogP contribution in [0, 0.1) is 16.0 Å². The van der Waals surface area contributed by atoms with Gasteiger partial charge in [0.2, 0.25) is 5.91 Å². The van der Waals surface area contributed by atoms with Crippen LogP contribution in [0.25, 0.3) is 0 Å². The summed E-state index contributed by atoms with van der Waals surface area (Å²) < 4.78 is 0. The average Bonchev–Trinajstić information content (AvgIpc) is 2.88. The largest absolute Gasteiger partial charge is 0.366 e. The number of nitro benzene ring substituents is 1. The zero-order valence-corrected chi connectivity index (χ0v) is 20.0. The van der Waals surface area contributed by atoms with Crippen LogP contribution in [0.3, 0.4) is 0 Å².